The van der Waals surface area contributed by atoms with Gasteiger partial charge in [0.25, 0.3) is 5.91 Å². The van der Waals surface area contributed by atoms with Crippen LogP contribution in [0.5, 0.6) is 11.5 Å². The summed E-state index contributed by atoms with van der Waals surface area (Å²) in [4.78, 5) is 12.3. The van der Waals surface area contributed by atoms with Gasteiger partial charge >= 0.3 is 6.18 Å². The van der Waals surface area contributed by atoms with Crippen LogP contribution in [0.1, 0.15) is 24.8 Å². The van der Waals surface area contributed by atoms with Gasteiger partial charge in [0.05, 0.1) is 23.3 Å². The molecule has 174 valence electrons. The van der Waals surface area contributed by atoms with Crippen LogP contribution in [0, 0.1) is 0 Å². The molecule has 3 rings (SSSR count). The molecule has 1 fully saturated rings. The number of carbonyl (C=O) groups excluding carboxylic acids is 1. The molecular formula is C21H23F3N2O5S. The zero-order valence-corrected chi connectivity index (χ0v) is 18.1. The molecule has 1 amide bonds. The van der Waals surface area contributed by atoms with Crippen LogP contribution in [0.15, 0.2) is 47.4 Å². The van der Waals surface area contributed by atoms with E-state index in [1.807, 2.05) is 0 Å². The fraction of sp³-hybridized carbons (Fsp3) is 0.381. The van der Waals surface area contributed by atoms with Gasteiger partial charge in [-0.1, -0.05) is 12.5 Å². The molecular weight excluding hydrogens is 449 g/mol. The molecule has 0 bridgehead atoms. The maximum absolute atomic E-state index is 12.9. The van der Waals surface area contributed by atoms with E-state index in [9.17, 15) is 26.4 Å². The van der Waals surface area contributed by atoms with E-state index >= 15 is 0 Å². The lowest BCUT2D eigenvalue weighted by molar-refractivity contribution is -0.137. The Bertz CT molecular complexity index is 1070. The van der Waals surface area contributed by atoms with Crippen molar-refractivity contribution >= 4 is 21.6 Å². The Labute approximate surface area is 184 Å². The van der Waals surface area contributed by atoms with Gasteiger partial charge in [0, 0.05) is 13.1 Å². The van der Waals surface area contributed by atoms with E-state index in [0.29, 0.717) is 13.1 Å². The van der Waals surface area contributed by atoms with Crippen molar-refractivity contribution in [2.45, 2.75) is 30.3 Å². The molecule has 1 aliphatic rings. The van der Waals surface area contributed by atoms with E-state index in [1.54, 1.807) is 0 Å². The molecule has 1 N–H and O–H groups in total. The van der Waals surface area contributed by atoms with Crippen molar-refractivity contribution in [1.29, 1.82) is 0 Å². The Morgan fingerprint density at radius 1 is 1.09 bits per heavy atom. The largest absolute Gasteiger partial charge is 0.495 e. The molecule has 1 aliphatic heterocycles. The van der Waals surface area contributed by atoms with Crippen LogP contribution in [0.2, 0.25) is 0 Å². The Kier molecular flexibility index (Phi) is 7.29. The average molecular weight is 472 g/mol. The smallest absolute Gasteiger partial charge is 0.416 e. The maximum Gasteiger partial charge on any atom is 0.416 e. The number of carbonyl (C=O) groups is 1. The molecule has 7 nitrogen and oxygen atoms in total. The monoisotopic (exact) mass is 472 g/mol. The second-order valence-electron chi connectivity index (χ2n) is 7.19. The van der Waals surface area contributed by atoms with Gasteiger partial charge in [-0.15, -0.1) is 0 Å². The number of halogens is 3. The number of methoxy groups -OCH3 is 1. The number of hydrogen-bond donors (Lipinski definition) is 1. The van der Waals surface area contributed by atoms with Gasteiger partial charge in [0.15, 0.2) is 6.61 Å². The summed E-state index contributed by atoms with van der Waals surface area (Å²) in [6.07, 6.45) is -1.99. The SMILES string of the molecule is COc1ccc(S(=O)(=O)N2CCCCC2)cc1NC(=O)COc1cccc(C(F)(F)F)c1. The van der Waals surface area contributed by atoms with Gasteiger partial charge in [0.1, 0.15) is 11.5 Å². The van der Waals surface area contributed by atoms with Crippen molar-refractivity contribution in [2.75, 3.05) is 32.1 Å². The lowest BCUT2D eigenvalue weighted by atomic mass is 10.2. The van der Waals surface area contributed by atoms with Crippen molar-refractivity contribution in [2.24, 2.45) is 0 Å². The van der Waals surface area contributed by atoms with Crippen LogP contribution in [0.4, 0.5) is 18.9 Å². The van der Waals surface area contributed by atoms with Crippen LogP contribution in [0.25, 0.3) is 0 Å². The Hall–Kier alpha value is -2.79. The number of benzene rings is 2. The van der Waals surface area contributed by atoms with E-state index in [1.165, 1.54) is 41.7 Å². The highest BCUT2D eigenvalue weighted by Crippen LogP contribution is 2.32. The number of nitrogens with zero attached hydrogens (tertiary/aromatic N) is 1. The number of piperidine rings is 1. The molecule has 11 heteroatoms. The standard InChI is InChI=1S/C21H23F3N2O5S/c1-30-19-9-8-17(32(28,29)26-10-3-2-4-11-26)13-18(19)25-20(27)14-31-16-7-5-6-15(12-16)21(22,23)24/h5-9,12-13H,2-4,10-11,14H2,1H3,(H,25,27). The van der Waals surface area contributed by atoms with Crippen LogP contribution in [-0.2, 0) is 21.0 Å². The van der Waals surface area contributed by atoms with Gasteiger partial charge < -0.3 is 14.8 Å². The number of nitrogens with one attached hydrogen (secondary N) is 1. The molecule has 0 aliphatic carbocycles. The first kappa shape index (κ1) is 23.9. The molecule has 0 spiro atoms. The second-order valence-corrected chi connectivity index (χ2v) is 9.13. The van der Waals surface area contributed by atoms with Crippen molar-refractivity contribution in [3.63, 3.8) is 0 Å². The van der Waals surface area contributed by atoms with Gasteiger partial charge in [-0.2, -0.15) is 17.5 Å². The predicted molar refractivity (Wildman–Crippen MR) is 111 cm³/mol. The van der Waals surface area contributed by atoms with E-state index < -0.39 is 34.3 Å². The summed E-state index contributed by atoms with van der Waals surface area (Å²) in [7, 11) is -2.37. The van der Waals surface area contributed by atoms with Gasteiger partial charge in [-0.3, -0.25) is 4.79 Å². The molecule has 32 heavy (non-hydrogen) atoms. The quantitative estimate of drug-likeness (QED) is 0.661. The average Bonchev–Trinajstić information content (AvgIpc) is 2.78. The van der Waals surface area contributed by atoms with E-state index in [4.69, 9.17) is 9.47 Å². The number of ether oxygens (including phenoxy) is 2. The highest BCUT2D eigenvalue weighted by atomic mass is 32.2. The molecule has 0 radical (unpaired) electrons. The topological polar surface area (TPSA) is 84.9 Å². The number of sulfonamides is 1. The predicted octanol–water partition coefficient (Wildman–Crippen LogP) is 3.91. The van der Waals surface area contributed by atoms with Crippen LogP contribution < -0.4 is 14.8 Å². The third kappa shape index (κ3) is 5.71. The second kappa shape index (κ2) is 9.78. The van der Waals surface area contributed by atoms with E-state index in [2.05, 4.69) is 5.32 Å². The Balaban J connectivity index is 1.72. The third-order valence-electron chi connectivity index (χ3n) is 4.93. The van der Waals surface area contributed by atoms with Crippen LogP contribution in [-0.4, -0.2) is 45.4 Å². The molecule has 1 saturated heterocycles. The van der Waals surface area contributed by atoms with Gasteiger partial charge in [0.2, 0.25) is 10.0 Å². The van der Waals surface area contributed by atoms with Crippen LogP contribution >= 0.6 is 0 Å². The molecule has 0 atom stereocenters. The minimum Gasteiger partial charge on any atom is -0.495 e. The summed E-state index contributed by atoms with van der Waals surface area (Å²) in [5.74, 6) is -0.577. The number of alkyl halides is 3. The maximum atomic E-state index is 12.9. The summed E-state index contributed by atoms with van der Waals surface area (Å²) in [6, 6.07) is 8.29. The number of anilines is 1. The lowest BCUT2D eigenvalue weighted by Gasteiger charge is -2.26. The van der Waals surface area contributed by atoms with Crippen molar-refractivity contribution in [3.05, 3.63) is 48.0 Å². The first-order valence-corrected chi connectivity index (χ1v) is 11.3. The first-order chi connectivity index (χ1) is 15.1. The van der Waals surface area contributed by atoms with E-state index in [-0.39, 0.29) is 22.1 Å². The number of amides is 1. The molecule has 0 saturated carbocycles. The minimum atomic E-state index is -4.53. The van der Waals surface area contributed by atoms with Gasteiger partial charge in [-0.05, 0) is 49.2 Å². The summed E-state index contributed by atoms with van der Waals surface area (Å²) in [6.45, 7) is 0.287. The Morgan fingerprint density at radius 3 is 2.47 bits per heavy atom. The lowest BCUT2D eigenvalue weighted by Crippen LogP contribution is -2.35. The highest BCUT2D eigenvalue weighted by molar-refractivity contribution is 7.89. The zero-order valence-electron chi connectivity index (χ0n) is 17.3. The van der Waals surface area contributed by atoms with Crippen molar-refractivity contribution in [1.82, 2.24) is 4.31 Å². The van der Waals surface area contributed by atoms with Gasteiger partial charge in [-0.25, -0.2) is 8.42 Å². The number of rotatable bonds is 7. The molecule has 0 aromatic heterocycles. The number of hydrogen-bond acceptors (Lipinski definition) is 5. The highest BCUT2D eigenvalue weighted by Gasteiger charge is 2.31. The molecule has 2 aromatic rings. The summed E-state index contributed by atoms with van der Waals surface area (Å²) < 4.78 is 76.0. The summed E-state index contributed by atoms with van der Waals surface area (Å²) >= 11 is 0. The molecule has 0 unspecified atom stereocenters. The zero-order chi connectivity index (χ0) is 23.4. The van der Waals surface area contributed by atoms with Crippen molar-refractivity contribution < 1.29 is 35.9 Å². The third-order valence-corrected chi connectivity index (χ3v) is 6.82. The minimum absolute atomic E-state index is 0.00861. The van der Waals surface area contributed by atoms with Crippen LogP contribution in [0.3, 0.4) is 0 Å². The molecule has 2 aromatic carbocycles. The van der Waals surface area contributed by atoms with Crippen molar-refractivity contribution in [3.8, 4) is 11.5 Å². The fourth-order valence-corrected chi connectivity index (χ4v) is 4.84. The molecule has 1 heterocycles. The summed E-state index contributed by atoms with van der Waals surface area (Å²) in [5.41, 5.74) is -0.782. The summed E-state index contributed by atoms with van der Waals surface area (Å²) in [5, 5.41) is 2.50. The Morgan fingerprint density at radius 2 is 1.81 bits per heavy atom. The normalized spacial score (nSPS) is 15.2. The fourth-order valence-electron chi connectivity index (χ4n) is 3.30. The van der Waals surface area contributed by atoms with E-state index in [0.717, 1.165) is 31.4 Å². The first-order valence-electron chi connectivity index (χ1n) is 9.89.